The number of carbonyl (C=O) groups is 1. The van der Waals surface area contributed by atoms with Gasteiger partial charge in [0.25, 0.3) is 0 Å². The normalized spacial score (nSPS) is 10.3. The summed E-state index contributed by atoms with van der Waals surface area (Å²) in [5, 5.41) is 3.03. The number of nitrogens with zero attached hydrogens (tertiary/aromatic N) is 1. The van der Waals surface area contributed by atoms with Gasteiger partial charge in [0.05, 0.1) is 13.7 Å². The van der Waals surface area contributed by atoms with Crippen molar-refractivity contribution in [3.8, 4) is 5.75 Å². The molecule has 0 bridgehead atoms. The Morgan fingerprint density at radius 2 is 1.52 bits per heavy atom. The summed E-state index contributed by atoms with van der Waals surface area (Å²) in [7, 11) is 1.66. The quantitative estimate of drug-likeness (QED) is 0.666. The molecule has 0 radical (unpaired) electrons. The number of hydrogen-bond acceptors (Lipinski definition) is 2. The van der Waals surface area contributed by atoms with Crippen molar-refractivity contribution in [2.24, 2.45) is 0 Å². The minimum atomic E-state index is -0.111. The van der Waals surface area contributed by atoms with Gasteiger partial charge in [-0.3, -0.25) is 4.90 Å². The Kier molecular flexibility index (Phi) is 6.47. The van der Waals surface area contributed by atoms with Crippen molar-refractivity contribution in [3.05, 3.63) is 96.1 Å². The van der Waals surface area contributed by atoms with Crippen molar-refractivity contribution >= 4 is 11.7 Å². The predicted octanol–water partition coefficient (Wildman–Crippen LogP) is 4.65. The van der Waals surface area contributed by atoms with Gasteiger partial charge in [-0.05, 0) is 35.7 Å². The van der Waals surface area contributed by atoms with Crippen LogP contribution in [0.5, 0.6) is 5.75 Å². The van der Waals surface area contributed by atoms with Crippen LogP contribution >= 0.6 is 0 Å². The predicted molar refractivity (Wildman–Crippen MR) is 109 cm³/mol. The van der Waals surface area contributed by atoms with Gasteiger partial charge in [0, 0.05) is 12.2 Å². The highest BCUT2D eigenvalue weighted by atomic mass is 16.5. The first-order chi connectivity index (χ1) is 13.3. The van der Waals surface area contributed by atoms with Crippen molar-refractivity contribution in [1.82, 2.24) is 5.32 Å². The number of methoxy groups -OCH3 is 1. The average Bonchev–Trinajstić information content (AvgIpc) is 2.73. The van der Waals surface area contributed by atoms with Gasteiger partial charge < -0.3 is 10.1 Å². The Labute approximate surface area is 160 Å². The van der Waals surface area contributed by atoms with Crippen molar-refractivity contribution in [2.75, 3.05) is 18.6 Å². The van der Waals surface area contributed by atoms with E-state index in [-0.39, 0.29) is 6.03 Å². The molecule has 0 aliphatic heterocycles. The highest BCUT2D eigenvalue weighted by Crippen LogP contribution is 2.19. The second-order valence-corrected chi connectivity index (χ2v) is 6.20. The molecule has 0 aliphatic carbocycles. The van der Waals surface area contributed by atoms with Crippen LogP contribution in [0, 0.1) is 0 Å². The van der Waals surface area contributed by atoms with Gasteiger partial charge in [-0.25, -0.2) is 4.79 Å². The smallest absolute Gasteiger partial charge is 0.322 e. The second kappa shape index (κ2) is 9.43. The molecule has 0 spiro atoms. The number of ether oxygens (including phenoxy) is 1. The first-order valence-electron chi connectivity index (χ1n) is 9.04. The van der Waals surface area contributed by atoms with Crippen molar-refractivity contribution in [3.63, 3.8) is 0 Å². The largest absolute Gasteiger partial charge is 0.496 e. The van der Waals surface area contributed by atoms with E-state index in [4.69, 9.17) is 4.74 Å². The number of nitrogens with one attached hydrogen (secondary N) is 1. The minimum absolute atomic E-state index is 0.111. The zero-order valence-corrected chi connectivity index (χ0v) is 15.5. The van der Waals surface area contributed by atoms with Crippen LogP contribution in [-0.2, 0) is 13.0 Å². The van der Waals surface area contributed by atoms with Crippen molar-refractivity contribution in [2.45, 2.75) is 13.0 Å². The van der Waals surface area contributed by atoms with Crippen LogP contribution in [0.25, 0.3) is 0 Å². The van der Waals surface area contributed by atoms with E-state index in [1.54, 1.807) is 12.0 Å². The van der Waals surface area contributed by atoms with Crippen LogP contribution in [0.4, 0.5) is 10.5 Å². The molecule has 138 valence electrons. The molecule has 4 heteroatoms. The Morgan fingerprint density at radius 1 is 0.889 bits per heavy atom. The van der Waals surface area contributed by atoms with Gasteiger partial charge in [-0.15, -0.1) is 0 Å². The Bertz CT molecular complexity index is 851. The van der Waals surface area contributed by atoms with Gasteiger partial charge in [-0.2, -0.15) is 0 Å². The molecule has 0 heterocycles. The summed E-state index contributed by atoms with van der Waals surface area (Å²) in [4.78, 5) is 14.6. The lowest BCUT2D eigenvalue weighted by Gasteiger charge is -2.23. The fraction of sp³-hybridized carbons (Fsp3) is 0.174. The number of urea groups is 1. The molecular formula is C23H24N2O2. The fourth-order valence-corrected chi connectivity index (χ4v) is 2.96. The lowest BCUT2D eigenvalue weighted by Crippen LogP contribution is -2.40. The molecule has 0 unspecified atom stereocenters. The van der Waals surface area contributed by atoms with Gasteiger partial charge in [-0.1, -0.05) is 66.7 Å². The summed E-state index contributed by atoms with van der Waals surface area (Å²) < 4.78 is 5.38. The van der Waals surface area contributed by atoms with E-state index >= 15 is 0 Å². The van der Waals surface area contributed by atoms with Gasteiger partial charge in [0.2, 0.25) is 0 Å². The zero-order valence-electron chi connectivity index (χ0n) is 15.5. The highest BCUT2D eigenvalue weighted by Gasteiger charge is 2.15. The van der Waals surface area contributed by atoms with E-state index in [9.17, 15) is 4.79 Å². The minimum Gasteiger partial charge on any atom is -0.496 e. The maximum absolute atomic E-state index is 12.9. The van der Waals surface area contributed by atoms with E-state index in [1.165, 1.54) is 0 Å². The number of para-hydroxylation sites is 2. The van der Waals surface area contributed by atoms with Crippen LogP contribution in [0.15, 0.2) is 84.9 Å². The Morgan fingerprint density at radius 3 is 2.22 bits per heavy atom. The molecule has 0 atom stereocenters. The molecule has 0 saturated heterocycles. The molecule has 1 N–H and O–H groups in total. The van der Waals surface area contributed by atoms with Crippen LogP contribution in [0.2, 0.25) is 0 Å². The standard InChI is InChI=1S/C23H24N2O2/c1-27-22-15-9-8-12-20(22)16-17-24-23(26)25(21-13-6-3-7-14-21)18-19-10-4-2-5-11-19/h2-15H,16-18H2,1H3,(H,24,26). The topological polar surface area (TPSA) is 41.6 Å². The first-order valence-corrected chi connectivity index (χ1v) is 9.04. The summed E-state index contributed by atoms with van der Waals surface area (Å²) in [5.74, 6) is 0.843. The third-order valence-electron chi connectivity index (χ3n) is 4.36. The molecular weight excluding hydrogens is 336 g/mol. The summed E-state index contributed by atoms with van der Waals surface area (Å²) >= 11 is 0. The summed E-state index contributed by atoms with van der Waals surface area (Å²) in [6.07, 6.45) is 0.712. The monoisotopic (exact) mass is 360 g/mol. The SMILES string of the molecule is COc1ccccc1CCNC(=O)N(Cc1ccccc1)c1ccccc1. The molecule has 27 heavy (non-hydrogen) atoms. The van der Waals surface area contributed by atoms with E-state index in [0.29, 0.717) is 19.5 Å². The molecule has 2 amide bonds. The maximum atomic E-state index is 12.9. The summed E-state index contributed by atoms with van der Waals surface area (Å²) in [6.45, 7) is 1.06. The lowest BCUT2D eigenvalue weighted by atomic mass is 10.1. The number of hydrogen-bond donors (Lipinski definition) is 1. The Hall–Kier alpha value is -3.27. The molecule has 0 fully saturated rings. The number of rotatable bonds is 7. The fourth-order valence-electron chi connectivity index (χ4n) is 2.96. The second-order valence-electron chi connectivity index (χ2n) is 6.20. The third kappa shape index (κ3) is 5.11. The molecule has 3 rings (SSSR count). The van der Waals surface area contributed by atoms with E-state index in [2.05, 4.69) is 5.32 Å². The van der Waals surface area contributed by atoms with Gasteiger partial charge in [0.1, 0.15) is 5.75 Å². The summed E-state index contributed by atoms with van der Waals surface area (Å²) in [5.41, 5.74) is 3.03. The van der Waals surface area contributed by atoms with Crippen molar-refractivity contribution < 1.29 is 9.53 Å². The summed E-state index contributed by atoms with van der Waals surface area (Å²) in [6, 6.07) is 27.5. The van der Waals surface area contributed by atoms with Crippen molar-refractivity contribution in [1.29, 1.82) is 0 Å². The lowest BCUT2D eigenvalue weighted by molar-refractivity contribution is 0.246. The molecule has 3 aromatic carbocycles. The van der Waals surface area contributed by atoms with Gasteiger partial charge in [0.15, 0.2) is 0 Å². The van der Waals surface area contributed by atoms with Crippen LogP contribution in [0.1, 0.15) is 11.1 Å². The Balaban J connectivity index is 1.67. The van der Waals surface area contributed by atoms with Gasteiger partial charge >= 0.3 is 6.03 Å². The zero-order chi connectivity index (χ0) is 18.9. The third-order valence-corrected chi connectivity index (χ3v) is 4.36. The van der Waals surface area contributed by atoms with Crippen LogP contribution < -0.4 is 15.0 Å². The van der Waals surface area contributed by atoms with Crippen LogP contribution in [-0.4, -0.2) is 19.7 Å². The van der Waals surface area contributed by atoms with E-state index in [0.717, 1.165) is 22.6 Å². The highest BCUT2D eigenvalue weighted by molar-refractivity contribution is 5.91. The molecule has 0 aliphatic rings. The van der Waals surface area contributed by atoms with E-state index in [1.807, 2.05) is 84.9 Å². The number of benzene rings is 3. The molecule has 4 nitrogen and oxygen atoms in total. The first kappa shape index (κ1) is 18.5. The maximum Gasteiger partial charge on any atom is 0.322 e. The molecule has 0 saturated carbocycles. The number of carbonyl (C=O) groups excluding carboxylic acids is 1. The number of anilines is 1. The molecule has 3 aromatic rings. The van der Waals surface area contributed by atoms with E-state index < -0.39 is 0 Å². The molecule has 0 aromatic heterocycles. The average molecular weight is 360 g/mol. The van der Waals surface area contributed by atoms with Crippen LogP contribution in [0.3, 0.4) is 0 Å². The number of amides is 2.